The molecule has 134 valence electrons. The van der Waals surface area contributed by atoms with Gasteiger partial charge in [-0.05, 0) is 24.0 Å². The molecule has 0 atom stereocenters. The highest BCUT2D eigenvalue weighted by Gasteiger charge is 2.20. The molecule has 0 radical (unpaired) electrons. The van der Waals surface area contributed by atoms with Gasteiger partial charge in [-0.15, -0.1) is 0 Å². The van der Waals surface area contributed by atoms with E-state index in [9.17, 15) is 4.79 Å². The van der Waals surface area contributed by atoms with Crippen LogP contribution in [0, 0.1) is 0 Å². The molecule has 1 aromatic heterocycles. The van der Waals surface area contributed by atoms with E-state index in [1.807, 2.05) is 29.0 Å². The summed E-state index contributed by atoms with van der Waals surface area (Å²) in [4.78, 5) is 18.4. The lowest BCUT2D eigenvalue weighted by molar-refractivity contribution is 0.183. The van der Waals surface area contributed by atoms with Crippen molar-refractivity contribution < 1.29 is 4.79 Å². The van der Waals surface area contributed by atoms with E-state index in [2.05, 4.69) is 34.6 Å². The lowest BCUT2D eigenvalue weighted by Crippen LogP contribution is -2.43. The molecule has 5 nitrogen and oxygen atoms in total. The zero-order valence-corrected chi connectivity index (χ0v) is 15.0. The number of carbonyl (C=O) groups is 1. The first-order chi connectivity index (χ1) is 12.2. The SMILES string of the molecule is CN(C(=O)NCc1ccc(Cn2ccnc2)cc1)C1CCCCCC1. The fourth-order valence-corrected chi connectivity index (χ4v) is 3.47. The van der Waals surface area contributed by atoms with Gasteiger partial charge in [0.15, 0.2) is 0 Å². The number of rotatable bonds is 5. The molecule has 1 aliphatic carbocycles. The molecular weight excluding hydrogens is 312 g/mol. The van der Waals surface area contributed by atoms with Gasteiger partial charge in [0, 0.05) is 38.6 Å². The molecule has 1 saturated carbocycles. The zero-order valence-electron chi connectivity index (χ0n) is 15.0. The Balaban J connectivity index is 1.48. The molecule has 0 unspecified atom stereocenters. The number of hydrogen-bond acceptors (Lipinski definition) is 2. The van der Waals surface area contributed by atoms with Crippen molar-refractivity contribution in [1.29, 1.82) is 0 Å². The molecule has 0 spiro atoms. The third-order valence-electron chi connectivity index (χ3n) is 5.08. The highest BCUT2D eigenvalue weighted by molar-refractivity contribution is 5.74. The second kappa shape index (κ2) is 8.70. The van der Waals surface area contributed by atoms with Gasteiger partial charge in [-0.3, -0.25) is 0 Å². The summed E-state index contributed by atoms with van der Waals surface area (Å²) in [5.74, 6) is 0. The van der Waals surface area contributed by atoms with Gasteiger partial charge >= 0.3 is 6.03 Å². The van der Waals surface area contributed by atoms with Crippen LogP contribution in [0.1, 0.15) is 49.7 Å². The van der Waals surface area contributed by atoms with Gasteiger partial charge in [-0.2, -0.15) is 0 Å². The molecular formula is C20H28N4O. The third-order valence-corrected chi connectivity index (χ3v) is 5.08. The zero-order chi connectivity index (χ0) is 17.5. The highest BCUT2D eigenvalue weighted by atomic mass is 16.2. The largest absolute Gasteiger partial charge is 0.334 e. The number of nitrogens with zero attached hydrogens (tertiary/aromatic N) is 3. The third kappa shape index (κ3) is 5.08. The Kier molecular flexibility index (Phi) is 6.09. The topological polar surface area (TPSA) is 50.2 Å². The van der Waals surface area contributed by atoms with Crippen LogP contribution in [0.4, 0.5) is 4.79 Å². The molecule has 2 aromatic rings. The van der Waals surface area contributed by atoms with Crippen LogP contribution >= 0.6 is 0 Å². The van der Waals surface area contributed by atoms with Crippen LogP contribution in [-0.4, -0.2) is 33.6 Å². The number of carbonyl (C=O) groups excluding carboxylic acids is 1. The summed E-state index contributed by atoms with van der Waals surface area (Å²) in [6, 6.07) is 8.80. The molecule has 25 heavy (non-hydrogen) atoms. The van der Waals surface area contributed by atoms with Crippen molar-refractivity contribution in [3.05, 3.63) is 54.1 Å². The van der Waals surface area contributed by atoms with Crippen LogP contribution in [0.3, 0.4) is 0 Å². The van der Waals surface area contributed by atoms with Gasteiger partial charge in [0.25, 0.3) is 0 Å². The van der Waals surface area contributed by atoms with Gasteiger partial charge < -0.3 is 14.8 Å². The summed E-state index contributed by atoms with van der Waals surface area (Å²) in [5.41, 5.74) is 2.35. The van der Waals surface area contributed by atoms with E-state index in [0.29, 0.717) is 12.6 Å². The highest BCUT2D eigenvalue weighted by Crippen LogP contribution is 2.21. The Bertz CT molecular complexity index is 643. The Morgan fingerprint density at radius 2 is 1.84 bits per heavy atom. The van der Waals surface area contributed by atoms with E-state index < -0.39 is 0 Å². The summed E-state index contributed by atoms with van der Waals surface area (Å²) >= 11 is 0. The molecule has 2 amide bonds. The average molecular weight is 340 g/mol. The van der Waals surface area contributed by atoms with Gasteiger partial charge in [0.1, 0.15) is 0 Å². The monoisotopic (exact) mass is 340 g/mol. The summed E-state index contributed by atoms with van der Waals surface area (Å²) in [5, 5.41) is 3.05. The van der Waals surface area contributed by atoms with Gasteiger partial charge in [0.2, 0.25) is 0 Å². The van der Waals surface area contributed by atoms with Crippen molar-refractivity contribution in [2.45, 2.75) is 57.7 Å². The fraction of sp³-hybridized carbons (Fsp3) is 0.500. The summed E-state index contributed by atoms with van der Waals surface area (Å²) in [7, 11) is 1.93. The van der Waals surface area contributed by atoms with E-state index in [-0.39, 0.29) is 6.03 Å². The summed E-state index contributed by atoms with van der Waals surface area (Å²) in [6.45, 7) is 1.39. The maximum absolute atomic E-state index is 12.4. The first kappa shape index (κ1) is 17.5. The Morgan fingerprint density at radius 3 is 2.48 bits per heavy atom. The smallest absolute Gasteiger partial charge is 0.317 e. The quantitative estimate of drug-likeness (QED) is 0.842. The van der Waals surface area contributed by atoms with Crippen LogP contribution in [0.25, 0.3) is 0 Å². The molecule has 5 heteroatoms. The minimum absolute atomic E-state index is 0.0365. The minimum Gasteiger partial charge on any atom is -0.334 e. The van der Waals surface area contributed by atoms with Crippen LogP contribution in [0.2, 0.25) is 0 Å². The lowest BCUT2D eigenvalue weighted by atomic mass is 10.1. The average Bonchev–Trinajstić information content (AvgIpc) is 2.99. The van der Waals surface area contributed by atoms with E-state index >= 15 is 0 Å². The first-order valence-electron chi connectivity index (χ1n) is 9.26. The predicted octanol–water partition coefficient (Wildman–Crippen LogP) is 3.80. The van der Waals surface area contributed by atoms with Crippen molar-refractivity contribution in [2.24, 2.45) is 0 Å². The molecule has 1 fully saturated rings. The van der Waals surface area contributed by atoms with Gasteiger partial charge in [-0.25, -0.2) is 9.78 Å². The number of benzene rings is 1. The van der Waals surface area contributed by atoms with E-state index in [0.717, 1.165) is 24.9 Å². The molecule has 1 heterocycles. The van der Waals surface area contributed by atoms with Crippen LogP contribution in [0.15, 0.2) is 43.0 Å². The Morgan fingerprint density at radius 1 is 1.16 bits per heavy atom. The molecule has 3 rings (SSSR count). The van der Waals surface area contributed by atoms with E-state index in [1.54, 1.807) is 6.20 Å². The number of hydrogen-bond donors (Lipinski definition) is 1. The maximum Gasteiger partial charge on any atom is 0.317 e. The van der Waals surface area contributed by atoms with Crippen molar-refractivity contribution >= 4 is 6.03 Å². The fourth-order valence-electron chi connectivity index (χ4n) is 3.47. The lowest BCUT2D eigenvalue weighted by Gasteiger charge is -2.27. The number of imidazole rings is 1. The maximum atomic E-state index is 12.4. The van der Waals surface area contributed by atoms with Crippen molar-refractivity contribution in [3.8, 4) is 0 Å². The van der Waals surface area contributed by atoms with Crippen molar-refractivity contribution in [1.82, 2.24) is 19.8 Å². The molecule has 1 aliphatic rings. The second-order valence-electron chi connectivity index (χ2n) is 6.97. The van der Waals surface area contributed by atoms with Crippen LogP contribution < -0.4 is 5.32 Å². The van der Waals surface area contributed by atoms with Gasteiger partial charge in [0.05, 0.1) is 6.33 Å². The molecule has 1 aromatic carbocycles. The molecule has 0 bridgehead atoms. The summed E-state index contributed by atoms with van der Waals surface area (Å²) < 4.78 is 2.04. The standard InChI is InChI=1S/C20H28N4O/c1-23(19-6-4-2-3-5-7-19)20(25)22-14-17-8-10-18(11-9-17)15-24-13-12-21-16-24/h8-13,16,19H,2-7,14-15H2,1H3,(H,22,25). The molecule has 1 N–H and O–H groups in total. The number of nitrogens with one attached hydrogen (secondary N) is 1. The minimum atomic E-state index is 0.0365. The number of aromatic nitrogens is 2. The normalized spacial score (nSPS) is 15.6. The number of amides is 2. The van der Waals surface area contributed by atoms with Gasteiger partial charge in [-0.1, -0.05) is 49.9 Å². The molecule has 0 saturated heterocycles. The number of urea groups is 1. The van der Waals surface area contributed by atoms with E-state index in [1.165, 1.54) is 31.2 Å². The second-order valence-corrected chi connectivity index (χ2v) is 6.97. The first-order valence-corrected chi connectivity index (χ1v) is 9.26. The van der Waals surface area contributed by atoms with Crippen LogP contribution in [-0.2, 0) is 13.1 Å². The predicted molar refractivity (Wildman–Crippen MR) is 99.3 cm³/mol. The Labute approximate surface area is 150 Å². The van der Waals surface area contributed by atoms with Crippen LogP contribution in [0.5, 0.6) is 0 Å². The van der Waals surface area contributed by atoms with Crippen molar-refractivity contribution in [2.75, 3.05) is 7.05 Å². The molecule has 0 aliphatic heterocycles. The Hall–Kier alpha value is -2.30. The van der Waals surface area contributed by atoms with Crippen molar-refractivity contribution in [3.63, 3.8) is 0 Å². The van der Waals surface area contributed by atoms with E-state index in [4.69, 9.17) is 0 Å². The summed E-state index contributed by atoms with van der Waals surface area (Å²) in [6.07, 6.45) is 12.9.